The molecule has 4 aliphatic carbocycles. The molecule has 0 saturated heterocycles. The van der Waals surface area contributed by atoms with Gasteiger partial charge in [0.25, 0.3) is 5.91 Å². The molecular weight excluding hydrogens is 364 g/mol. The standard InChI is InChI=1S/C24H36N2O3/c1-26(7-6-17-4-5-21(28-2)22(11-17)29-3)15-23(27)25-16-24-12-18-8-19(13-24)10-20(9-18)14-24/h4-5,11,18-20H,6-10,12-16H2,1-3H3,(H,25,27)/p+1. The smallest absolute Gasteiger partial charge is 0.275 e. The van der Waals surface area contributed by atoms with Gasteiger partial charge in [-0.1, -0.05) is 6.07 Å². The Morgan fingerprint density at radius 3 is 2.28 bits per heavy atom. The lowest BCUT2D eigenvalue weighted by Crippen LogP contribution is -3.10. The highest BCUT2D eigenvalue weighted by Gasteiger charge is 2.50. The number of hydrogen-bond acceptors (Lipinski definition) is 3. The number of rotatable bonds is 9. The van der Waals surface area contributed by atoms with E-state index in [9.17, 15) is 4.79 Å². The number of amides is 1. The first kappa shape index (κ1) is 20.5. The van der Waals surface area contributed by atoms with Crippen molar-refractivity contribution < 1.29 is 19.2 Å². The van der Waals surface area contributed by atoms with Gasteiger partial charge in [-0.2, -0.15) is 0 Å². The van der Waals surface area contributed by atoms with Crippen LogP contribution in [0.5, 0.6) is 11.5 Å². The van der Waals surface area contributed by atoms with Crippen molar-refractivity contribution >= 4 is 5.91 Å². The molecule has 5 heteroatoms. The molecule has 4 bridgehead atoms. The average molecular weight is 402 g/mol. The van der Waals surface area contributed by atoms with Crippen molar-refractivity contribution in [2.45, 2.75) is 44.9 Å². The maximum atomic E-state index is 12.6. The number of ether oxygens (including phenoxy) is 2. The molecule has 4 saturated carbocycles. The average Bonchev–Trinajstić information content (AvgIpc) is 2.69. The molecule has 29 heavy (non-hydrogen) atoms. The summed E-state index contributed by atoms with van der Waals surface area (Å²) in [7, 11) is 5.41. The minimum atomic E-state index is 0.200. The van der Waals surface area contributed by atoms with E-state index in [1.54, 1.807) is 14.2 Å². The Balaban J connectivity index is 1.22. The largest absolute Gasteiger partial charge is 0.493 e. The van der Waals surface area contributed by atoms with Gasteiger partial charge in [-0.25, -0.2) is 0 Å². The minimum absolute atomic E-state index is 0.200. The van der Waals surface area contributed by atoms with Crippen LogP contribution in [-0.2, 0) is 11.2 Å². The molecule has 1 atom stereocenters. The third-order valence-corrected chi connectivity index (χ3v) is 7.58. The van der Waals surface area contributed by atoms with Gasteiger partial charge >= 0.3 is 0 Å². The maximum absolute atomic E-state index is 12.6. The third-order valence-electron chi connectivity index (χ3n) is 7.58. The van der Waals surface area contributed by atoms with Crippen LogP contribution in [-0.4, -0.2) is 46.8 Å². The number of carbonyl (C=O) groups excluding carboxylic acids is 1. The number of quaternary nitrogens is 1. The lowest BCUT2D eigenvalue weighted by molar-refractivity contribution is -0.871. The molecule has 0 radical (unpaired) electrons. The topological polar surface area (TPSA) is 52.0 Å². The van der Waals surface area contributed by atoms with E-state index in [4.69, 9.17) is 9.47 Å². The molecule has 160 valence electrons. The van der Waals surface area contributed by atoms with Crippen LogP contribution in [0, 0.1) is 23.2 Å². The predicted molar refractivity (Wildman–Crippen MR) is 113 cm³/mol. The van der Waals surface area contributed by atoms with Crippen molar-refractivity contribution in [1.82, 2.24) is 5.32 Å². The van der Waals surface area contributed by atoms with Gasteiger partial charge in [0.2, 0.25) is 0 Å². The summed E-state index contributed by atoms with van der Waals surface area (Å²) in [5.41, 5.74) is 1.62. The van der Waals surface area contributed by atoms with Crippen molar-refractivity contribution in [2.24, 2.45) is 23.2 Å². The van der Waals surface area contributed by atoms with E-state index in [0.29, 0.717) is 12.0 Å². The highest BCUT2D eigenvalue weighted by Crippen LogP contribution is 2.59. The van der Waals surface area contributed by atoms with E-state index in [0.717, 1.165) is 48.8 Å². The van der Waals surface area contributed by atoms with Gasteiger partial charge in [0, 0.05) is 13.0 Å². The van der Waals surface area contributed by atoms with Gasteiger partial charge in [-0.05, 0) is 79.4 Å². The van der Waals surface area contributed by atoms with Crippen molar-refractivity contribution in [2.75, 3.05) is 40.9 Å². The summed E-state index contributed by atoms with van der Waals surface area (Å²) in [5.74, 6) is 4.52. The van der Waals surface area contributed by atoms with Crippen molar-refractivity contribution in [3.63, 3.8) is 0 Å². The Bertz CT molecular complexity index is 698. The Kier molecular flexibility index (Phi) is 6.05. The fraction of sp³-hybridized carbons (Fsp3) is 0.708. The van der Waals surface area contributed by atoms with Gasteiger partial charge in [0.05, 0.1) is 27.8 Å². The summed E-state index contributed by atoms with van der Waals surface area (Å²) in [4.78, 5) is 13.8. The van der Waals surface area contributed by atoms with Crippen LogP contribution < -0.4 is 19.7 Å². The number of likely N-dealkylation sites (N-methyl/N-ethyl adjacent to an activating group) is 1. The SMILES string of the molecule is COc1ccc(CC[NH+](C)CC(=O)NCC23CC4CC(CC(C4)C2)C3)cc1OC. The molecule has 1 aromatic rings. The van der Waals surface area contributed by atoms with Gasteiger partial charge in [0.1, 0.15) is 0 Å². The van der Waals surface area contributed by atoms with E-state index in [1.807, 2.05) is 12.1 Å². The van der Waals surface area contributed by atoms with Gasteiger partial charge in [-0.15, -0.1) is 0 Å². The fourth-order valence-corrected chi connectivity index (χ4v) is 6.61. The van der Waals surface area contributed by atoms with Crippen LogP contribution in [0.3, 0.4) is 0 Å². The lowest BCUT2D eigenvalue weighted by atomic mass is 9.49. The van der Waals surface area contributed by atoms with Gasteiger partial charge in [-0.3, -0.25) is 4.79 Å². The zero-order chi connectivity index (χ0) is 20.4. The first-order valence-corrected chi connectivity index (χ1v) is 11.3. The number of carbonyl (C=O) groups is 1. The van der Waals surface area contributed by atoms with Gasteiger partial charge in [0.15, 0.2) is 18.0 Å². The normalized spacial score (nSPS) is 30.8. The van der Waals surface area contributed by atoms with Crippen LogP contribution in [0.25, 0.3) is 0 Å². The van der Waals surface area contributed by atoms with Crippen LogP contribution in [0.1, 0.15) is 44.1 Å². The highest BCUT2D eigenvalue weighted by atomic mass is 16.5. The zero-order valence-electron chi connectivity index (χ0n) is 18.3. The number of benzene rings is 1. The molecule has 0 spiro atoms. The highest BCUT2D eigenvalue weighted by molar-refractivity contribution is 5.76. The summed E-state index contributed by atoms with van der Waals surface area (Å²) in [6, 6.07) is 6.04. The lowest BCUT2D eigenvalue weighted by Gasteiger charge is -2.56. The maximum Gasteiger partial charge on any atom is 0.275 e. The minimum Gasteiger partial charge on any atom is -0.493 e. The van der Waals surface area contributed by atoms with Crippen LogP contribution in [0.2, 0.25) is 0 Å². The van der Waals surface area contributed by atoms with Crippen molar-refractivity contribution in [1.29, 1.82) is 0 Å². The fourth-order valence-electron chi connectivity index (χ4n) is 6.61. The molecule has 5 nitrogen and oxygen atoms in total. The molecule has 1 aromatic carbocycles. The van der Waals surface area contributed by atoms with E-state index in [-0.39, 0.29) is 5.91 Å². The van der Waals surface area contributed by atoms with Crippen LogP contribution >= 0.6 is 0 Å². The summed E-state index contributed by atoms with van der Waals surface area (Å²) in [6.45, 7) is 2.36. The molecule has 0 aliphatic heterocycles. The monoisotopic (exact) mass is 401 g/mol. The molecular formula is C24H37N2O3+. The first-order chi connectivity index (χ1) is 14.0. The third kappa shape index (κ3) is 4.71. The second-order valence-corrected chi connectivity index (χ2v) is 10.0. The molecule has 1 amide bonds. The summed E-state index contributed by atoms with van der Waals surface area (Å²) >= 11 is 0. The second-order valence-electron chi connectivity index (χ2n) is 10.0. The molecule has 0 aromatic heterocycles. The van der Waals surface area contributed by atoms with Crippen LogP contribution in [0.15, 0.2) is 18.2 Å². The summed E-state index contributed by atoms with van der Waals surface area (Å²) in [6.07, 6.45) is 9.32. The van der Waals surface area contributed by atoms with Crippen molar-refractivity contribution in [3.8, 4) is 11.5 Å². The van der Waals surface area contributed by atoms with Crippen molar-refractivity contribution in [3.05, 3.63) is 23.8 Å². The second kappa shape index (κ2) is 8.55. The van der Waals surface area contributed by atoms with Gasteiger partial charge < -0.3 is 19.7 Å². The summed E-state index contributed by atoms with van der Waals surface area (Å²) in [5, 5.41) is 3.31. The molecule has 1 unspecified atom stereocenters. The zero-order valence-corrected chi connectivity index (χ0v) is 18.3. The number of methoxy groups -OCH3 is 2. The van der Waals surface area contributed by atoms with E-state index < -0.39 is 0 Å². The Hall–Kier alpha value is -1.75. The van der Waals surface area contributed by atoms with E-state index in [1.165, 1.54) is 49.0 Å². The Morgan fingerprint density at radius 1 is 1.07 bits per heavy atom. The Labute approximate surface area is 175 Å². The molecule has 2 N–H and O–H groups in total. The summed E-state index contributed by atoms with van der Waals surface area (Å²) < 4.78 is 10.7. The molecule has 0 heterocycles. The Morgan fingerprint density at radius 2 is 1.69 bits per heavy atom. The molecule has 4 aliphatic rings. The first-order valence-electron chi connectivity index (χ1n) is 11.3. The predicted octanol–water partition coefficient (Wildman–Crippen LogP) is 2.09. The molecule has 4 fully saturated rings. The number of nitrogens with one attached hydrogen (secondary N) is 2. The molecule has 5 rings (SSSR count). The number of hydrogen-bond donors (Lipinski definition) is 2. The van der Waals surface area contributed by atoms with Crippen LogP contribution in [0.4, 0.5) is 0 Å². The van der Waals surface area contributed by atoms with E-state index >= 15 is 0 Å². The van der Waals surface area contributed by atoms with E-state index in [2.05, 4.69) is 18.4 Å². The quantitative estimate of drug-likeness (QED) is 0.666.